The quantitative estimate of drug-likeness (QED) is 0.398. The number of hydrogen-bond donors (Lipinski definition) is 0. The maximum Gasteiger partial charge on any atom is 0.201 e. The molecule has 30 heavy (non-hydrogen) atoms. The second-order valence-electron chi connectivity index (χ2n) is 7.90. The van der Waals surface area contributed by atoms with Crippen LogP contribution in [0.1, 0.15) is 52.4 Å². The van der Waals surface area contributed by atoms with Crippen LogP contribution >= 0.6 is 0 Å². The van der Waals surface area contributed by atoms with Crippen molar-refractivity contribution in [1.29, 1.82) is 0 Å². The third-order valence-electron chi connectivity index (χ3n) is 5.63. The normalized spacial score (nSPS) is 18.9. The van der Waals surface area contributed by atoms with Gasteiger partial charge in [-0.3, -0.25) is 0 Å². The van der Waals surface area contributed by atoms with E-state index in [1.807, 2.05) is 0 Å². The zero-order valence-electron chi connectivity index (χ0n) is 18.0. The Morgan fingerprint density at radius 2 is 1.73 bits per heavy atom. The Morgan fingerprint density at radius 1 is 0.933 bits per heavy atom. The average Bonchev–Trinajstić information content (AvgIpc) is 2.77. The van der Waals surface area contributed by atoms with Crippen LogP contribution < -0.4 is 9.47 Å². The first-order valence-electron chi connectivity index (χ1n) is 11.1. The minimum atomic E-state index is -0.961. The molecule has 1 saturated heterocycles. The lowest BCUT2D eigenvalue weighted by molar-refractivity contribution is -0.0394. The van der Waals surface area contributed by atoms with Gasteiger partial charge in [0.1, 0.15) is 12.4 Å². The minimum Gasteiger partial charge on any atom is -0.491 e. The van der Waals surface area contributed by atoms with Crippen LogP contribution in [0.3, 0.4) is 0 Å². The van der Waals surface area contributed by atoms with Gasteiger partial charge < -0.3 is 14.2 Å². The lowest BCUT2D eigenvalue weighted by Crippen LogP contribution is -2.30. The van der Waals surface area contributed by atoms with E-state index in [1.165, 1.54) is 44.2 Å². The lowest BCUT2D eigenvalue weighted by Gasteiger charge is -2.29. The Kier molecular flexibility index (Phi) is 8.50. The summed E-state index contributed by atoms with van der Waals surface area (Å²) in [6.07, 6.45) is 7.42. The zero-order chi connectivity index (χ0) is 21.3. The van der Waals surface area contributed by atoms with Crippen LogP contribution in [0.2, 0.25) is 0 Å². The van der Waals surface area contributed by atoms with Gasteiger partial charge in [-0.1, -0.05) is 38.3 Å². The summed E-state index contributed by atoms with van der Waals surface area (Å²) in [5, 5.41) is 0. The van der Waals surface area contributed by atoms with Crippen LogP contribution in [0, 0.1) is 17.6 Å². The topological polar surface area (TPSA) is 27.7 Å². The summed E-state index contributed by atoms with van der Waals surface area (Å²) in [6.45, 7) is 5.57. The molecule has 0 radical (unpaired) electrons. The summed E-state index contributed by atoms with van der Waals surface area (Å²) < 4.78 is 45.4. The van der Waals surface area contributed by atoms with Crippen molar-refractivity contribution in [3.63, 3.8) is 0 Å². The van der Waals surface area contributed by atoms with Crippen LogP contribution in [-0.2, 0) is 4.74 Å². The molecule has 1 aliphatic heterocycles. The molecule has 0 spiro atoms. The monoisotopic (exact) mass is 418 g/mol. The molecule has 164 valence electrons. The number of benzene rings is 2. The van der Waals surface area contributed by atoms with E-state index >= 15 is 0 Å². The van der Waals surface area contributed by atoms with Gasteiger partial charge in [-0.05, 0) is 61.9 Å². The number of unbranched alkanes of at least 4 members (excludes halogenated alkanes) is 2. The van der Waals surface area contributed by atoms with E-state index in [2.05, 4.69) is 6.92 Å². The van der Waals surface area contributed by atoms with Crippen molar-refractivity contribution in [2.24, 2.45) is 5.92 Å². The molecule has 2 atom stereocenters. The van der Waals surface area contributed by atoms with Gasteiger partial charge in [0.05, 0.1) is 12.7 Å². The number of hydrogen-bond acceptors (Lipinski definition) is 3. The SMILES string of the molecule is CCCCCC1CCC(COc2ccc(-c3ccc(OCC)c(F)c3F)cc2)OC1. The van der Waals surface area contributed by atoms with Gasteiger partial charge in [0.15, 0.2) is 11.6 Å². The van der Waals surface area contributed by atoms with Crippen LogP contribution in [0.4, 0.5) is 8.78 Å². The van der Waals surface area contributed by atoms with E-state index in [9.17, 15) is 8.78 Å². The number of ether oxygens (including phenoxy) is 3. The molecule has 0 aromatic heterocycles. The fourth-order valence-corrected chi connectivity index (χ4v) is 3.84. The number of halogens is 2. The molecular formula is C25H32F2O3. The zero-order valence-corrected chi connectivity index (χ0v) is 18.0. The lowest BCUT2D eigenvalue weighted by atomic mass is 9.93. The molecule has 5 heteroatoms. The Balaban J connectivity index is 1.50. The molecule has 1 fully saturated rings. The Bertz CT molecular complexity index is 784. The molecule has 2 unspecified atom stereocenters. The van der Waals surface area contributed by atoms with E-state index in [0.29, 0.717) is 23.8 Å². The van der Waals surface area contributed by atoms with Gasteiger partial charge in [-0.15, -0.1) is 0 Å². The molecule has 0 saturated carbocycles. The highest BCUT2D eigenvalue weighted by molar-refractivity contribution is 5.66. The summed E-state index contributed by atoms with van der Waals surface area (Å²) in [7, 11) is 0. The second kappa shape index (κ2) is 11.3. The molecular weight excluding hydrogens is 386 g/mol. The molecule has 1 heterocycles. The molecule has 0 amide bonds. The molecule has 3 nitrogen and oxygen atoms in total. The Labute approximate surface area is 178 Å². The van der Waals surface area contributed by atoms with Crippen LogP contribution in [0.15, 0.2) is 36.4 Å². The maximum absolute atomic E-state index is 14.4. The van der Waals surface area contributed by atoms with E-state index in [-0.39, 0.29) is 24.0 Å². The fraction of sp³-hybridized carbons (Fsp3) is 0.520. The van der Waals surface area contributed by atoms with Crippen molar-refractivity contribution < 1.29 is 23.0 Å². The molecule has 0 N–H and O–H groups in total. The second-order valence-corrected chi connectivity index (χ2v) is 7.90. The van der Waals surface area contributed by atoms with E-state index in [4.69, 9.17) is 14.2 Å². The highest BCUT2D eigenvalue weighted by atomic mass is 19.2. The fourth-order valence-electron chi connectivity index (χ4n) is 3.84. The van der Waals surface area contributed by atoms with Crippen molar-refractivity contribution >= 4 is 0 Å². The van der Waals surface area contributed by atoms with Gasteiger partial charge in [-0.25, -0.2) is 4.39 Å². The molecule has 2 aromatic carbocycles. The van der Waals surface area contributed by atoms with E-state index in [0.717, 1.165) is 13.0 Å². The van der Waals surface area contributed by atoms with Gasteiger partial charge >= 0.3 is 0 Å². The Hall–Kier alpha value is -2.14. The third kappa shape index (κ3) is 5.94. The summed E-state index contributed by atoms with van der Waals surface area (Å²) >= 11 is 0. The van der Waals surface area contributed by atoms with E-state index < -0.39 is 11.6 Å². The van der Waals surface area contributed by atoms with E-state index in [1.54, 1.807) is 31.2 Å². The molecule has 0 bridgehead atoms. The standard InChI is InChI=1S/C25H32F2O3/c1-3-5-6-7-18-8-11-21(29-16-18)17-30-20-12-9-19(10-13-20)22-14-15-23(28-4-2)25(27)24(22)26/h9-10,12-15,18,21H,3-8,11,16-17H2,1-2H3. The molecule has 2 aromatic rings. The summed E-state index contributed by atoms with van der Waals surface area (Å²) in [4.78, 5) is 0. The summed E-state index contributed by atoms with van der Waals surface area (Å²) in [5.41, 5.74) is 0.790. The van der Waals surface area contributed by atoms with Crippen LogP contribution in [0.25, 0.3) is 11.1 Å². The first kappa shape index (κ1) is 22.5. The van der Waals surface area contributed by atoms with Gasteiger partial charge in [0.25, 0.3) is 0 Å². The van der Waals surface area contributed by atoms with Crippen molar-refractivity contribution in [2.75, 3.05) is 19.8 Å². The predicted octanol–water partition coefficient (Wildman–Crippen LogP) is 6.78. The highest BCUT2D eigenvalue weighted by Crippen LogP contribution is 2.31. The van der Waals surface area contributed by atoms with Crippen molar-refractivity contribution in [3.05, 3.63) is 48.0 Å². The highest BCUT2D eigenvalue weighted by Gasteiger charge is 2.22. The van der Waals surface area contributed by atoms with Crippen molar-refractivity contribution in [2.45, 2.75) is 58.5 Å². The predicted molar refractivity (Wildman–Crippen MR) is 115 cm³/mol. The van der Waals surface area contributed by atoms with Crippen molar-refractivity contribution in [1.82, 2.24) is 0 Å². The minimum absolute atomic E-state index is 0.0706. The summed E-state index contributed by atoms with van der Waals surface area (Å²) in [5.74, 6) is -0.564. The smallest absolute Gasteiger partial charge is 0.201 e. The average molecular weight is 419 g/mol. The first-order chi connectivity index (χ1) is 14.6. The Morgan fingerprint density at radius 3 is 2.40 bits per heavy atom. The number of rotatable bonds is 10. The maximum atomic E-state index is 14.4. The van der Waals surface area contributed by atoms with Crippen molar-refractivity contribution in [3.8, 4) is 22.6 Å². The third-order valence-corrected chi connectivity index (χ3v) is 5.63. The first-order valence-corrected chi connectivity index (χ1v) is 11.1. The van der Waals surface area contributed by atoms with Gasteiger partial charge in [0.2, 0.25) is 5.82 Å². The molecule has 0 aliphatic carbocycles. The largest absolute Gasteiger partial charge is 0.491 e. The molecule has 1 aliphatic rings. The van der Waals surface area contributed by atoms with Gasteiger partial charge in [0, 0.05) is 12.2 Å². The summed E-state index contributed by atoms with van der Waals surface area (Å²) in [6, 6.07) is 10.0. The van der Waals surface area contributed by atoms with Crippen LogP contribution in [-0.4, -0.2) is 25.9 Å². The van der Waals surface area contributed by atoms with Gasteiger partial charge in [-0.2, -0.15) is 4.39 Å². The van der Waals surface area contributed by atoms with Crippen LogP contribution in [0.5, 0.6) is 11.5 Å². The molecule has 3 rings (SSSR count).